The van der Waals surface area contributed by atoms with Crippen molar-refractivity contribution >= 4 is 16.4 Å². The number of primary amides is 2. The second kappa shape index (κ2) is 13.0. The predicted molar refractivity (Wildman–Crippen MR) is 38.1 cm³/mol. The molecule has 0 radical (unpaired) electrons. The van der Waals surface area contributed by atoms with Gasteiger partial charge in [-0.3, -0.25) is 4.55 Å². The van der Waals surface area contributed by atoms with Crippen molar-refractivity contribution in [3.8, 4) is 0 Å². The van der Waals surface area contributed by atoms with Crippen LogP contribution in [0, 0.1) is 0 Å². The highest BCUT2D eigenvalue weighted by molar-refractivity contribution is 7.79. The van der Waals surface area contributed by atoms with Crippen LogP contribution >= 0.6 is 0 Å². The molecule has 0 fully saturated rings. The zero-order valence-electron chi connectivity index (χ0n) is 6.52. The Bertz CT molecular complexity index is 166. The van der Waals surface area contributed by atoms with Crippen molar-refractivity contribution in [2.75, 3.05) is 0 Å². The van der Waals surface area contributed by atoms with Gasteiger partial charge in [0.05, 0.1) is 0 Å². The molecule has 0 aliphatic rings. The molecule has 0 rings (SSSR count). The first kappa shape index (κ1) is 30.2. The molecule has 0 aromatic carbocycles. The Balaban J connectivity index is -0.0000000221. The number of rotatable bonds is 0. The number of quaternary nitrogens is 2. The highest BCUT2D eigenvalue weighted by Gasteiger charge is 1.67. The van der Waals surface area contributed by atoms with E-state index in [1.54, 1.807) is 0 Å². The molecule has 12 heavy (non-hydrogen) atoms. The Kier molecular flexibility index (Phi) is 32.6. The quantitative estimate of drug-likeness (QED) is 0.205. The fraction of sp³-hybridized carbons (Fsp3) is 0. The zero-order chi connectivity index (χ0) is 8.08. The summed E-state index contributed by atoms with van der Waals surface area (Å²) >= 11 is 0. The van der Waals surface area contributed by atoms with E-state index in [1.807, 2.05) is 0 Å². The molecule has 9 nitrogen and oxygen atoms in total. The summed E-state index contributed by atoms with van der Waals surface area (Å²) in [5, 5.41) is 0. The van der Waals surface area contributed by atoms with E-state index in [-0.39, 0.29) is 24.7 Å². The average molecular weight is 229 g/mol. The van der Waals surface area contributed by atoms with E-state index in [0.29, 0.717) is 0 Å². The first-order valence-corrected chi connectivity index (χ1v) is 2.83. The second-order valence-corrected chi connectivity index (χ2v) is 1.69. The molecule has 2 amide bonds. The SMILES string of the molecule is NC(N)=O.O=S(=O)([O-])O.[Cl-].[NH4+].[NH4+]. The second-order valence-electron chi connectivity index (χ2n) is 0.830. The lowest BCUT2D eigenvalue weighted by molar-refractivity contribution is -0.0000134. The zero-order valence-corrected chi connectivity index (χ0v) is 8.09. The predicted octanol–water partition coefficient (Wildman–Crippen LogP) is -4.22. The molecule has 0 atom stereocenters. The Hall–Kier alpha value is -0.650. The van der Waals surface area contributed by atoms with Crippen LogP contribution in [0.15, 0.2) is 0 Å². The molecule has 0 bridgehead atoms. The molecule has 0 heterocycles. The Morgan fingerprint density at radius 3 is 1.25 bits per heavy atom. The van der Waals surface area contributed by atoms with Crippen molar-refractivity contribution < 1.29 is 34.7 Å². The minimum atomic E-state index is -4.92. The van der Waals surface area contributed by atoms with Crippen LogP contribution in [-0.2, 0) is 10.4 Å². The highest BCUT2D eigenvalue weighted by Crippen LogP contribution is 1.58. The van der Waals surface area contributed by atoms with E-state index >= 15 is 0 Å². The smallest absolute Gasteiger partial charge is 0.309 e. The minimum Gasteiger partial charge on any atom is -1.00 e. The summed E-state index contributed by atoms with van der Waals surface area (Å²) in [6.07, 6.45) is 0. The molecule has 80 valence electrons. The summed E-state index contributed by atoms with van der Waals surface area (Å²) in [7, 11) is -4.92. The molecule has 0 aromatic heterocycles. The van der Waals surface area contributed by atoms with Gasteiger partial charge in [-0.2, -0.15) is 0 Å². The van der Waals surface area contributed by atoms with E-state index in [0.717, 1.165) is 0 Å². The summed E-state index contributed by atoms with van der Waals surface area (Å²) in [6.45, 7) is 0. The minimum absolute atomic E-state index is 0. The lowest BCUT2D eigenvalue weighted by Gasteiger charge is -1.88. The molecule has 0 spiro atoms. The number of hydrogen-bond donors (Lipinski definition) is 5. The first-order chi connectivity index (χ1) is 3.73. The molecule has 0 aliphatic carbocycles. The molecule has 0 saturated carbocycles. The van der Waals surface area contributed by atoms with Gasteiger partial charge in [0, 0.05) is 0 Å². The lowest BCUT2D eigenvalue weighted by atomic mass is 11.2. The van der Waals surface area contributed by atoms with E-state index in [9.17, 15) is 0 Å². The largest absolute Gasteiger partial charge is 1.00 e. The standard InChI is InChI=1S/CH4N2O.ClH.2H3N.H2O4S/c2-1(3)4;;;;1-5(2,3)4/h(H4,2,3,4);1H;2*1H3;(H2,1,2,3,4). The number of amides is 2. The maximum absolute atomic E-state index is 9.00. The number of carbonyl (C=O) groups is 1. The van der Waals surface area contributed by atoms with Crippen molar-refractivity contribution in [3.63, 3.8) is 0 Å². The fourth-order valence-corrected chi connectivity index (χ4v) is 0. The van der Waals surface area contributed by atoms with Gasteiger partial charge in [-0.1, -0.05) is 0 Å². The van der Waals surface area contributed by atoms with Crippen molar-refractivity contribution in [1.29, 1.82) is 0 Å². The Labute approximate surface area is 75.6 Å². The molecule has 0 unspecified atom stereocenters. The fourth-order valence-electron chi connectivity index (χ4n) is 0. The van der Waals surface area contributed by atoms with Crippen LogP contribution in [0.3, 0.4) is 0 Å². The summed E-state index contributed by atoms with van der Waals surface area (Å²) < 4.78 is 32.8. The number of nitrogens with two attached hydrogens (primary N) is 2. The molecule has 0 aromatic rings. The van der Waals surface area contributed by atoms with E-state index in [1.165, 1.54) is 0 Å². The van der Waals surface area contributed by atoms with Gasteiger partial charge in [0.2, 0.25) is 10.4 Å². The highest BCUT2D eigenvalue weighted by atomic mass is 35.5. The van der Waals surface area contributed by atoms with Crippen LogP contribution in [0.1, 0.15) is 0 Å². The third-order valence-electron chi connectivity index (χ3n) is 0. The van der Waals surface area contributed by atoms with Gasteiger partial charge in [-0.15, -0.1) is 0 Å². The number of hydrogen-bond acceptors (Lipinski definition) is 4. The monoisotopic (exact) mass is 228 g/mol. The maximum atomic E-state index is 9.00. The summed E-state index contributed by atoms with van der Waals surface area (Å²) in [6, 6.07) is -0.833. The van der Waals surface area contributed by atoms with E-state index in [4.69, 9.17) is 22.3 Å². The first-order valence-electron chi connectivity index (χ1n) is 1.46. The van der Waals surface area contributed by atoms with Crippen LogP contribution in [0.5, 0.6) is 0 Å². The molecule has 11 heteroatoms. The lowest BCUT2D eigenvalue weighted by Crippen LogP contribution is -3.00. The molecule has 0 saturated heterocycles. The number of carbonyl (C=O) groups excluding carboxylic acids is 1. The molecule has 13 N–H and O–H groups in total. The van der Waals surface area contributed by atoms with Gasteiger partial charge in [0.15, 0.2) is 0 Å². The number of urea groups is 1. The third kappa shape index (κ3) is 1540. The molecular weight excluding hydrogens is 216 g/mol. The van der Waals surface area contributed by atoms with E-state index in [2.05, 4.69) is 11.5 Å². The topological polar surface area (TPSA) is 220 Å². The van der Waals surface area contributed by atoms with Crippen LogP contribution in [-0.4, -0.2) is 23.6 Å². The summed E-state index contributed by atoms with van der Waals surface area (Å²) in [4.78, 5) is 9.00. The normalized spacial score (nSPS) is 6.83. The molecular formula is CH13ClN4O5S. The van der Waals surface area contributed by atoms with Gasteiger partial charge in [-0.05, 0) is 0 Å². The Morgan fingerprint density at radius 2 is 1.25 bits per heavy atom. The Morgan fingerprint density at radius 1 is 1.25 bits per heavy atom. The van der Waals surface area contributed by atoms with Gasteiger partial charge in [-0.25, -0.2) is 13.2 Å². The van der Waals surface area contributed by atoms with E-state index < -0.39 is 16.4 Å². The van der Waals surface area contributed by atoms with Crippen molar-refractivity contribution in [2.45, 2.75) is 0 Å². The summed E-state index contributed by atoms with van der Waals surface area (Å²) in [5.74, 6) is 0. The van der Waals surface area contributed by atoms with Crippen molar-refractivity contribution in [3.05, 3.63) is 0 Å². The van der Waals surface area contributed by atoms with Crippen molar-refractivity contribution in [2.24, 2.45) is 11.5 Å². The van der Waals surface area contributed by atoms with Crippen molar-refractivity contribution in [1.82, 2.24) is 12.3 Å². The number of halogens is 1. The van der Waals surface area contributed by atoms with Gasteiger partial charge < -0.3 is 40.7 Å². The van der Waals surface area contributed by atoms with Gasteiger partial charge in [0.1, 0.15) is 0 Å². The van der Waals surface area contributed by atoms with Gasteiger partial charge in [0.25, 0.3) is 0 Å². The van der Waals surface area contributed by atoms with Crippen LogP contribution in [0.25, 0.3) is 0 Å². The van der Waals surface area contributed by atoms with Crippen LogP contribution in [0.4, 0.5) is 4.79 Å². The summed E-state index contributed by atoms with van der Waals surface area (Å²) in [5.41, 5.74) is 8.50. The van der Waals surface area contributed by atoms with Gasteiger partial charge >= 0.3 is 6.03 Å². The average Bonchev–Trinajstić information content (AvgIpc) is 1.19. The van der Waals surface area contributed by atoms with Crippen LogP contribution in [0.2, 0.25) is 0 Å². The molecule has 0 aliphatic heterocycles. The van der Waals surface area contributed by atoms with Crippen LogP contribution < -0.4 is 36.2 Å². The maximum Gasteiger partial charge on any atom is 0.309 e. The third-order valence-corrected chi connectivity index (χ3v) is 0.